The number of nitrogens with one attached hydrogen (secondary N) is 1. The molecule has 0 aliphatic rings. The SMILES string of the molecule is CCCOc1ccc(NC(=O)c2cc(OC)ccc2Br)cc1OCCC. The summed E-state index contributed by atoms with van der Waals surface area (Å²) in [5.74, 6) is 1.69. The van der Waals surface area contributed by atoms with Crippen LogP contribution in [0.15, 0.2) is 40.9 Å². The summed E-state index contributed by atoms with van der Waals surface area (Å²) >= 11 is 3.40. The Morgan fingerprint density at radius 3 is 2.35 bits per heavy atom. The minimum absolute atomic E-state index is 0.237. The van der Waals surface area contributed by atoms with Crippen LogP contribution in [0.5, 0.6) is 17.2 Å². The van der Waals surface area contributed by atoms with Crippen LogP contribution in [0, 0.1) is 0 Å². The van der Waals surface area contributed by atoms with Crippen molar-refractivity contribution in [1.82, 2.24) is 0 Å². The van der Waals surface area contributed by atoms with Gasteiger partial charge in [-0.05, 0) is 59.1 Å². The predicted molar refractivity (Wildman–Crippen MR) is 107 cm³/mol. The molecule has 6 heteroatoms. The van der Waals surface area contributed by atoms with Gasteiger partial charge in [0, 0.05) is 16.2 Å². The second-order valence-electron chi connectivity index (χ2n) is 5.66. The molecule has 2 aromatic carbocycles. The van der Waals surface area contributed by atoms with Crippen molar-refractivity contribution < 1.29 is 19.0 Å². The highest BCUT2D eigenvalue weighted by Crippen LogP contribution is 2.31. The molecule has 1 N–H and O–H groups in total. The van der Waals surface area contributed by atoms with Crippen molar-refractivity contribution >= 4 is 27.5 Å². The molecule has 0 atom stereocenters. The number of hydrogen-bond donors (Lipinski definition) is 1. The maximum absolute atomic E-state index is 12.6. The van der Waals surface area contributed by atoms with Crippen molar-refractivity contribution in [1.29, 1.82) is 0 Å². The van der Waals surface area contributed by atoms with E-state index in [-0.39, 0.29) is 5.91 Å². The van der Waals surface area contributed by atoms with Gasteiger partial charge in [0.25, 0.3) is 5.91 Å². The van der Waals surface area contributed by atoms with Crippen LogP contribution in [-0.4, -0.2) is 26.2 Å². The number of anilines is 1. The van der Waals surface area contributed by atoms with Gasteiger partial charge < -0.3 is 19.5 Å². The molecule has 0 saturated heterocycles. The Kier molecular flexibility index (Phi) is 7.78. The molecule has 2 aromatic rings. The van der Waals surface area contributed by atoms with Crippen molar-refractivity contribution in [2.24, 2.45) is 0 Å². The van der Waals surface area contributed by atoms with E-state index in [2.05, 4.69) is 21.2 Å². The van der Waals surface area contributed by atoms with Crippen molar-refractivity contribution in [2.75, 3.05) is 25.6 Å². The Morgan fingerprint density at radius 2 is 1.69 bits per heavy atom. The smallest absolute Gasteiger partial charge is 0.256 e. The zero-order chi connectivity index (χ0) is 18.9. The summed E-state index contributed by atoms with van der Waals surface area (Å²) in [5, 5.41) is 2.89. The first-order valence-corrected chi connectivity index (χ1v) is 9.42. The average molecular weight is 422 g/mol. The lowest BCUT2D eigenvalue weighted by atomic mass is 10.2. The molecule has 0 unspecified atom stereocenters. The van der Waals surface area contributed by atoms with Gasteiger partial charge in [0.15, 0.2) is 11.5 Å². The van der Waals surface area contributed by atoms with Gasteiger partial charge in [0.05, 0.1) is 25.9 Å². The molecule has 0 heterocycles. The molecule has 26 heavy (non-hydrogen) atoms. The van der Waals surface area contributed by atoms with Gasteiger partial charge in [-0.25, -0.2) is 0 Å². The van der Waals surface area contributed by atoms with Gasteiger partial charge >= 0.3 is 0 Å². The normalized spacial score (nSPS) is 10.3. The van der Waals surface area contributed by atoms with Crippen LogP contribution in [-0.2, 0) is 0 Å². The Hall–Kier alpha value is -2.21. The van der Waals surface area contributed by atoms with E-state index in [1.54, 1.807) is 37.4 Å². The number of amides is 1. The summed E-state index contributed by atoms with van der Waals surface area (Å²) in [7, 11) is 1.57. The van der Waals surface area contributed by atoms with E-state index < -0.39 is 0 Å². The van der Waals surface area contributed by atoms with Crippen molar-refractivity contribution in [2.45, 2.75) is 26.7 Å². The molecule has 0 radical (unpaired) electrons. The number of carbonyl (C=O) groups excluding carboxylic acids is 1. The zero-order valence-corrected chi connectivity index (χ0v) is 16.9. The third-order valence-electron chi connectivity index (χ3n) is 3.54. The van der Waals surface area contributed by atoms with E-state index in [0.29, 0.717) is 46.2 Å². The molecule has 1 amide bonds. The fraction of sp³-hybridized carbons (Fsp3) is 0.350. The maximum Gasteiger partial charge on any atom is 0.256 e. The first kappa shape index (κ1) is 20.1. The monoisotopic (exact) mass is 421 g/mol. The van der Waals surface area contributed by atoms with Gasteiger partial charge in [-0.3, -0.25) is 4.79 Å². The Morgan fingerprint density at radius 1 is 1.00 bits per heavy atom. The van der Waals surface area contributed by atoms with Crippen LogP contribution in [0.3, 0.4) is 0 Å². The molecule has 0 fully saturated rings. The molecule has 0 spiro atoms. The van der Waals surface area contributed by atoms with Crippen molar-refractivity contribution in [3.05, 3.63) is 46.4 Å². The molecule has 5 nitrogen and oxygen atoms in total. The third kappa shape index (κ3) is 5.39. The highest BCUT2D eigenvalue weighted by atomic mass is 79.9. The van der Waals surface area contributed by atoms with E-state index >= 15 is 0 Å². The number of halogens is 1. The largest absolute Gasteiger partial charge is 0.497 e. The Labute approximate surface area is 162 Å². The highest BCUT2D eigenvalue weighted by Gasteiger charge is 2.14. The van der Waals surface area contributed by atoms with Gasteiger partial charge in [-0.1, -0.05) is 13.8 Å². The molecule has 2 rings (SSSR count). The van der Waals surface area contributed by atoms with Gasteiger partial charge in [0.1, 0.15) is 5.75 Å². The molecule has 0 aliphatic heterocycles. The fourth-order valence-electron chi connectivity index (χ4n) is 2.25. The quantitative estimate of drug-likeness (QED) is 0.597. The summed E-state index contributed by atoms with van der Waals surface area (Å²) in [4.78, 5) is 12.6. The lowest BCUT2D eigenvalue weighted by Gasteiger charge is -2.14. The number of ether oxygens (including phenoxy) is 3. The number of rotatable bonds is 9. The second kappa shape index (κ2) is 10.1. The number of methoxy groups -OCH3 is 1. The summed E-state index contributed by atoms with van der Waals surface area (Å²) in [6.07, 6.45) is 1.80. The van der Waals surface area contributed by atoms with E-state index in [1.165, 1.54) is 0 Å². The fourth-order valence-corrected chi connectivity index (χ4v) is 2.67. The molecular formula is C20H24BrNO4. The van der Waals surface area contributed by atoms with E-state index in [4.69, 9.17) is 14.2 Å². The van der Waals surface area contributed by atoms with Gasteiger partial charge in [-0.15, -0.1) is 0 Å². The van der Waals surface area contributed by atoms with Crippen LogP contribution in [0.4, 0.5) is 5.69 Å². The molecule has 0 aromatic heterocycles. The lowest BCUT2D eigenvalue weighted by Crippen LogP contribution is -2.13. The van der Waals surface area contributed by atoms with Crippen molar-refractivity contribution in [3.63, 3.8) is 0 Å². The van der Waals surface area contributed by atoms with Gasteiger partial charge in [0.2, 0.25) is 0 Å². The molecular weight excluding hydrogens is 398 g/mol. The van der Waals surface area contributed by atoms with Crippen LogP contribution < -0.4 is 19.5 Å². The summed E-state index contributed by atoms with van der Waals surface area (Å²) in [6, 6.07) is 10.7. The third-order valence-corrected chi connectivity index (χ3v) is 4.23. The number of benzene rings is 2. The van der Waals surface area contributed by atoms with E-state index in [9.17, 15) is 4.79 Å². The van der Waals surface area contributed by atoms with Gasteiger partial charge in [-0.2, -0.15) is 0 Å². The summed E-state index contributed by atoms with van der Waals surface area (Å²) in [5.41, 5.74) is 1.13. The van der Waals surface area contributed by atoms with Crippen LogP contribution >= 0.6 is 15.9 Å². The topological polar surface area (TPSA) is 56.8 Å². The van der Waals surface area contributed by atoms with E-state index in [0.717, 1.165) is 12.8 Å². The van der Waals surface area contributed by atoms with Crippen molar-refractivity contribution in [3.8, 4) is 17.2 Å². The van der Waals surface area contributed by atoms with Crippen LogP contribution in [0.25, 0.3) is 0 Å². The molecule has 140 valence electrons. The van der Waals surface area contributed by atoms with Crippen LogP contribution in [0.1, 0.15) is 37.0 Å². The molecule has 0 aliphatic carbocycles. The minimum Gasteiger partial charge on any atom is -0.497 e. The standard InChI is InChI=1S/C20H24BrNO4/c1-4-10-25-18-9-6-14(12-19(18)26-11-5-2)22-20(23)16-13-15(24-3)7-8-17(16)21/h6-9,12-13H,4-5,10-11H2,1-3H3,(H,22,23). The second-order valence-corrected chi connectivity index (χ2v) is 6.51. The Bertz CT molecular complexity index is 749. The lowest BCUT2D eigenvalue weighted by molar-refractivity contribution is 0.102. The van der Waals surface area contributed by atoms with E-state index in [1.807, 2.05) is 19.9 Å². The highest BCUT2D eigenvalue weighted by molar-refractivity contribution is 9.10. The zero-order valence-electron chi connectivity index (χ0n) is 15.3. The molecule has 0 bridgehead atoms. The minimum atomic E-state index is -0.237. The number of carbonyl (C=O) groups is 1. The first-order chi connectivity index (χ1) is 12.6. The summed E-state index contributed by atoms with van der Waals surface area (Å²) in [6.45, 7) is 5.29. The summed E-state index contributed by atoms with van der Waals surface area (Å²) < 4.78 is 17.4. The predicted octanol–water partition coefficient (Wildman–Crippen LogP) is 5.29. The molecule has 0 saturated carbocycles. The Balaban J connectivity index is 2.21. The average Bonchev–Trinajstić information content (AvgIpc) is 2.65. The first-order valence-electron chi connectivity index (χ1n) is 8.63. The number of hydrogen-bond acceptors (Lipinski definition) is 4. The maximum atomic E-state index is 12.6. The van der Waals surface area contributed by atoms with Crippen LogP contribution in [0.2, 0.25) is 0 Å².